The molecule has 0 bridgehead atoms. The van der Waals surface area contributed by atoms with Gasteiger partial charge in [-0.15, -0.1) is 0 Å². The van der Waals surface area contributed by atoms with Gasteiger partial charge in [-0.3, -0.25) is 0 Å². The summed E-state index contributed by atoms with van der Waals surface area (Å²) >= 11 is 0. The van der Waals surface area contributed by atoms with Gasteiger partial charge in [-0.05, 0) is 24.3 Å². The fourth-order valence-electron chi connectivity index (χ4n) is 4.80. The lowest BCUT2D eigenvalue weighted by atomic mass is 9.32. The second kappa shape index (κ2) is 10.1. The molecule has 0 saturated carbocycles. The van der Waals surface area contributed by atoms with Gasteiger partial charge < -0.3 is 0 Å². The van der Waals surface area contributed by atoms with E-state index >= 15 is 0 Å². The predicted octanol–water partition coefficient (Wildman–Crippen LogP) is 6.13. The maximum atomic E-state index is 3.33. The van der Waals surface area contributed by atoms with Gasteiger partial charge in [0.15, 0.2) is 13.4 Å². The number of benzene rings is 2. The number of hydrogen-bond acceptors (Lipinski definition) is 0. The lowest BCUT2D eigenvalue weighted by Crippen LogP contribution is -2.35. The van der Waals surface area contributed by atoms with Gasteiger partial charge >= 0.3 is 0 Å². The van der Waals surface area contributed by atoms with Crippen molar-refractivity contribution >= 4 is 24.4 Å². The van der Waals surface area contributed by atoms with Gasteiger partial charge in [0.2, 0.25) is 0 Å². The second-order valence-electron chi connectivity index (χ2n) is 9.52. The molecule has 0 saturated heterocycles. The van der Waals surface area contributed by atoms with Gasteiger partial charge in [0.05, 0.1) is 0 Å². The molecule has 2 aromatic rings. The molecule has 2 aromatic carbocycles. The fraction of sp³-hybridized carbons (Fsp3) is 0.462. The maximum Gasteiger partial charge on any atom is 0.181 e. The summed E-state index contributed by atoms with van der Waals surface area (Å²) < 4.78 is 0. The van der Waals surface area contributed by atoms with Crippen molar-refractivity contribution in [3.63, 3.8) is 0 Å². The zero-order valence-electron chi connectivity index (χ0n) is 19.1. The molecule has 0 spiro atoms. The molecule has 2 heteroatoms. The lowest BCUT2D eigenvalue weighted by Gasteiger charge is -2.21. The minimum atomic E-state index is 0.601. The summed E-state index contributed by atoms with van der Waals surface area (Å²) in [5, 5.41) is 0. The summed E-state index contributed by atoms with van der Waals surface area (Å²) in [5.41, 5.74) is 5.02. The van der Waals surface area contributed by atoms with Crippen LogP contribution in [-0.2, 0) is 0 Å². The van der Waals surface area contributed by atoms with E-state index in [2.05, 4.69) is 116 Å². The highest BCUT2D eigenvalue weighted by Crippen LogP contribution is 2.21. The normalized spacial score (nSPS) is 11.1. The molecular weight excluding hydrogens is 334 g/mol. The van der Waals surface area contributed by atoms with Crippen molar-refractivity contribution < 1.29 is 0 Å². The highest BCUT2D eigenvalue weighted by molar-refractivity contribution is 6.76. The summed E-state index contributed by atoms with van der Waals surface area (Å²) in [5.74, 6) is 9.26. The van der Waals surface area contributed by atoms with E-state index < -0.39 is 0 Å². The SMILES string of the molecule is CC(C)B(c1ccc(C#Cc2ccc(B(C(C)C)C(C)C)cc2)cc1)C(C)C. The molecule has 0 fully saturated rings. The predicted molar refractivity (Wildman–Crippen MR) is 130 cm³/mol. The van der Waals surface area contributed by atoms with Crippen LogP contribution < -0.4 is 10.9 Å². The Kier molecular flexibility index (Phi) is 8.06. The molecular formula is C26H36B2. The molecule has 0 unspecified atom stereocenters. The smallest absolute Gasteiger partial charge is 0.0794 e. The summed E-state index contributed by atoms with van der Waals surface area (Å²) in [7, 11) is 0. The van der Waals surface area contributed by atoms with Gasteiger partial charge in [0.1, 0.15) is 0 Å². The van der Waals surface area contributed by atoms with Crippen molar-refractivity contribution in [3.05, 3.63) is 59.7 Å². The van der Waals surface area contributed by atoms with E-state index in [1.165, 1.54) is 10.9 Å². The van der Waals surface area contributed by atoms with Crippen LogP contribution in [0.25, 0.3) is 0 Å². The van der Waals surface area contributed by atoms with E-state index in [1.807, 2.05) is 0 Å². The molecule has 146 valence electrons. The minimum Gasteiger partial charge on any atom is -0.0794 e. The van der Waals surface area contributed by atoms with Crippen LogP contribution in [0.3, 0.4) is 0 Å². The molecule has 0 aromatic heterocycles. The van der Waals surface area contributed by atoms with E-state index in [0.717, 1.165) is 11.1 Å². The van der Waals surface area contributed by atoms with Gasteiger partial charge in [-0.25, -0.2) is 0 Å². The molecule has 0 atom stereocenters. The first-order valence-electron chi connectivity index (χ1n) is 10.9. The Hall–Kier alpha value is -1.87. The Morgan fingerprint density at radius 2 is 0.714 bits per heavy atom. The number of hydrogen-bond donors (Lipinski definition) is 0. The third-order valence-electron chi connectivity index (χ3n) is 5.82. The van der Waals surface area contributed by atoms with Crippen molar-refractivity contribution in [2.75, 3.05) is 0 Å². The molecule has 0 amide bonds. The topological polar surface area (TPSA) is 0 Å². The van der Waals surface area contributed by atoms with Crippen LogP contribution in [-0.4, -0.2) is 13.4 Å². The zero-order valence-corrected chi connectivity index (χ0v) is 19.1. The molecule has 2 rings (SSSR count). The minimum absolute atomic E-state index is 0.601. The fourth-order valence-corrected chi connectivity index (χ4v) is 4.80. The lowest BCUT2D eigenvalue weighted by molar-refractivity contribution is 0.951. The van der Waals surface area contributed by atoms with Gasteiger partial charge in [-0.2, -0.15) is 0 Å². The summed E-state index contributed by atoms with van der Waals surface area (Å²) in [6.45, 7) is 19.7. The summed E-state index contributed by atoms with van der Waals surface area (Å²) in [6.07, 6.45) is 0. The quantitative estimate of drug-likeness (QED) is 0.424. The Labute approximate surface area is 174 Å². The van der Waals surface area contributed by atoms with E-state index in [4.69, 9.17) is 0 Å². The first kappa shape index (κ1) is 22.4. The van der Waals surface area contributed by atoms with Crippen molar-refractivity contribution in [2.24, 2.45) is 0 Å². The highest BCUT2D eigenvalue weighted by atomic mass is 14.0. The Morgan fingerprint density at radius 3 is 0.929 bits per heavy atom. The van der Waals surface area contributed by atoms with E-state index in [1.54, 1.807) is 0 Å². The molecule has 28 heavy (non-hydrogen) atoms. The monoisotopic (exact) mass is 370 g/mol. The molecule has 0 N–H and O–H groups in total. The maximum absolute atomic E-state index is 3.33. The van der Waals surface area contributed by atoms with Crippen molar-refractivity contribution in [1.29, 1.82) is 0 Å². The van der Waals surface area contributed by atoms with Crippen molar-refractivity contribution in [3.8, 4) is 11.8 Å². The first-order chi connectivity index (χ1) is 13.2. The number of rotatable bonds is 6. The van der Waals surface area contributed by atoms with Crippen LogP contribution in [0.4, 0.5) is 0 Å². The Morgan fingerprint density at radius 1 is 0.464 bits per heavy atom. The average Bonchev–Trinajstić information content (AvgIpc) is 2.61. The van der Waals surface area contributed by atoms with Crippen LogP contribution in [0, 0.1) is 11.8 Å². The van der Waals surface area contributed by atoms with Gasteiger partial charge in [-0.1, -0.05) is 126 Å². The van der Waals surface area contributed by atoms with Gasteiger partial charge in [0.25, 0.3) is 0 Å². The molecule has 0 aliphatic carbocycles. The molecule has 0 aliphatic rings. The van der Waals surface area contributed by atoms with Crippen LogP contribution >= 0.6 is 0 Å². The van der Waals surface area contributed by atoms with Crippen LogP contribution in [0.5, 0.6) is 0 Å². The van der Waals surface area contributed by atoms with Crippen LogP contribution in [0.2, 0.25) is 23.3 Å². The highest BCUT2D eigenvalue weighted by Gasteiger charge is 2.24. The second-order valence-corrected chi connectivity index (χ2v) is 9.52. The van der Waals surface area contributed by atoms with E-state index in [-0.39, 0.29) is 0 Å². The molecule has 0 nitrogen and oxygen atoms in total. The van der Waals surface area contributed by atoms with E-state index in [0.29, 0.717) is 36.7 Å². The molecule has 0 radical (unpaired) electrons. The summed E-state index contributed by atoms with van der Waals surface area (Å²) in [4.78, 5) is 0. The van der Waals surface area contributed by atoms with Gasteiger partial charge in [0, 0.05) is 11.1 Å². The Balaban J connectivity index is 2.15. The van der Waals surface area contributed by atoms with Crippen LogP contribution in [0.1, 0.15) is 66.5 Å². The zero-order chi connectivity index (χ0) is 20.8. The molecule has 0 heterocycles. The van der Waals surface area contributed by atoms with Crippen molar-refractivity contribution in [1.82, 2.24) is 0 Å². The molecule has 0 aliphatic heterocycles. The van der Waals surface area contributed by atoms with E-state index in [9.17, 15) is 0 Å². The third-order valence-corrected chi connectivity index (χ3v) is 5.82. The average molecular weight is 370 g/mol. The Bertz CT molecular complexity index is 704. The van der Waals surface area contributed by atoms with Crippen LogP contribution in [0.15, 0.2) is 48.5 Å². The van der Waals surface area contributed by atoms with Crippen molar-refractivity contribution in [2.45, 2.75) is 78.7 Å². The first-order valence-corrected chi connectivity index (χ1v) is 10.9. The standard InChI is InChI=1S/C26H36B2/c1-19(2)27(20(3)4)25-15-11-23(12-16-25)9-10-24-13-17-26(18-14-24)28(21(5)6)22(7)8/h11-22H,1-8H3. The third kappa shape index (κ3) is 5.81. The largest absolute Gasteiger partial charge is 0.181 e. The summed E-state index contributed by atoms with van der Waals surface area (Å²) in [6, 6.07) is 17.7.